The van der Waals surface area contributed by atoms with Gasteiger partial charge in [-0.15, -0.1) is 0 Å². The van der Waals surface area contributed by atoms with Gasteiger partial charge < -0.3 is 4.74 Å². The van der Waals surface area contributed by atoms with Crippen LogP contribution in [0.5, 0.6) is 5.75 Å². The first kappa shape index (κ1) is 16.9. The van der Waals surface area contributed by atoms with Gasteiger partial charge in [-0.25, -0.2) is 0 Å². The fourth-order valence-electron chi connectivity index (χ4n) is 2.91. The number of halogens is 1. The second-order valence-electron chi connectivity index (χ2n) is 5.86. The molecule has 0 atom stereocenters. The number of fused-ring (bicyclic) bond motifs is 2. The van der Waals surface area contributed by atoms with E-state index in [1.807, 2.05) is 0 Å². The number of ketones is 2. The molecule has 0 saturated heterocycles. The first-order chi connectivity index (χ1) is 11.7. The normalized spacial score (nSPS) is 12.7. The van der Waals surface area contributed by atoms with E-state index in [1.165, 1.54) is 12.8 Å². The van der Waals surface area contributed by atoms with E-state index < -0.39 is 0 Å². The van der Waals surface area contributed by atoms with Crippen molar-refractivity contribution in [1.29, 1.82) is 0 Å². The molecule has 0 aromatic heterocycles. The van der Waals surface area contributed by atoms with Gasteiger partial charge in [0.05, 0.1) is 6.61 Å². The van der Waals surface area contributed by atoms with Crippen LogP contribution in [-0.2, 0) is 0 Å². The highest BCUT2D eigenvalue weighted by molar-refractivity contribution is 9.09. The van der Waals surface area contributed by atoms with Gasteiger partial charge in [-0.2, -0.15) is 0 Å². The molecule has 0 amide bonds. The molecule has 3 nitrogen and oxygen atoms in total. The molecule has 0 bridgehead atoms. The van der Waals surface area contributed by atoms with Gasteiger partial charge in [-0.1, -0.05) is 53.0 Å². The SMILES string of the molecule is O=C1c2ccccc2C(=O)c2cc(OCCCCCCBr)ccc21. The first-order valence-electron chi connectivity index (χ1n) is 8.23. The van der Waals surface area contributed by atoms with Gasteiger partial charge in [-0.05, 0) is 31.0 Å². The van der Waals surface area contributed by atoms with Crippen molar-refractivity contribution in [3.05, 3.63) is 64.7 Å². The van der Waals surface area contributed by atoms with E-state index in [0.29, 0.717) is 34.6 Å². The highest BCUT2D eigenvalue weighted by Crippen LogP contribution is 2.29. The van der Waals surface area contributed by atoms with Crippen LogP contribution in [0.2, 0.25) is 0 Å². The molecular weight excluding hydrogens is 368 g/mol. The van der Waals surface area contributed by atoms with Crippen LogP contribution in [0.4, 0.5) is 0 Å². The fourth-order valence-corrected chi connectivity index (χ4v) is 3.30. The highest BCUT2D eigenvalue weighted by atomic mass is 79.9. The van der Waals surface area contributed by atoms with Gasteiger partial charge in [-0.3, -0.25) is 9.59 Å². The molecule has 0 aliphatic heterocycles. The number of benzene rings is 2. The van der Waals surface area contributed by atoms with Crippen LogP contribution in [0.15, 0.2) is 42.5 Å². The van der Waals surface area contributed by atoms with Crippen molar-refractivity contribution in [3.8, 4) is 5.75 Å². The molecule has 0 heterocycles. The Morgan fingerprint density at radius 2 is 1.38 bits per heavy atom. The minimum absolute atomic E-state index is 0.0958. The number of hydrogen-bond acceptors (Lipinski definition) is 3. The molecule has 3 rings (SSSR count). The van der Waals surface area contributed by atoms with Crippen molar-refractivity contribution >= 4 is 27.5 Å². The number of carbonyl (C=O) groups is 2. The Morgan fingerprint density at radius 1 is 0.750 bits per heavy atom. The molecule has 0 fully saturated rings. The zero-order valence-electron chi connectivity index (χ0n) is 13.4. The van der Waals surface area contributed by atoms with Gasteiger partial charge >= 0.3 is 0 Å². The molecule has 2 aromatic rings. The van der Waals surface area contributed by atoms with Gasteiger partial charge in [0, 0.05) is 27.6 Å². The van der Waals surface area contributed by atoms with Crippen molar-refractivity contribution in [2.45, 2.75) is 25.7 Å². The maximum Gasteiger partial charge on any atom is 0.194 e. The maximum atomic E-state index is 12.6. The summed E-state index contributed by atoms with van der Waals surface area (Å²) in [5.74, 6) is 0.444. The van der Waals surface area contributed by atoms with Gasteiger partial charge in [0.1, 0.15) is 5.75 Å². The van der Waals surface area contributed by atoms with Crippen molar-refractivity contribution in [2.75, 3.05) is 11.9 Å². The number of alkyl halides is 1. The summed E-state index contributed by atoms with van der Waals surface area (Å²) in [6.07, 6.45) is 4.47. The van der Waals surface area contributed by atoms with Crippen LogP contribution >= 0.6 is 15.9 Å². The lowest BCUT2D eigenvalue weighted by Crippen LogP contribution is -2.20. The van der Waals surface area contributed by atoms with E-state index >= 15 is 0 Å². The third-order valence-electron chi connectivity index (χ3n) is 4.19. The predicted molar refractivity (Wildman–Crippen MR) is 97.5 cm³/mol. The Balaban J connectivity index is 1.72. The average molecular weight is 387 g/mol. The molecule has 4 heteroatoms. The summed E-state index contributed by atoms with van der Waals surface area (Å²) in [5.41, 5.74) is 1.86. The van der Waals surface area contributed by atoms with E-state index in [9.17, 15) is 9.59 Å². The zero-order chi connectivity index (χ0) is 16.9. The molecule has 0 N–H and O–H groups in total. The monoisotopic (exact) mass is 386 g/mol. The first-order valence-corrected chi connectivity index (χ1v) is 9.36. The summed E-state index contributed by atoms with van der Waals surface area (Å²) in [7, 11) is 0. The zero-order valence-corrected chi connectivity index (χ0v) is 15.0. The van der Waals surface area contributed by atoms with Gasteiger partial charge in [0.15, 0.2) is 11.6 Å². The van der Waals surface area contributed by atoms with Gasteiger partial charge in [0.2, 0.25) is 0 Å². The van der Waals surface area contributed by atoms with E-state index in [2.05, 4.69) is 15.9 Å². The molecule has 24 heavy (non-hydrogen) atoms. The molecule has 1 aliphatic rings. The largest absolute Gasteiger partial charge is 0.494 e. The Kier molecular flexibility index (Phi) is 5.46. The van der Waals surface area contributed by atoms with Crippen molar-refractivity contribution < 1.29 is 14.3 Å². The van der Waals surface area contributed by atoms with Crippen molar-refractivity contribution in [2.24, 2.45) is 0 Å². The molecule has 0 unspecified atom stereocenters. The second-order valence-corrected chi connectivity index (χ2v) is 6.66. The van der Waals surface area contributed by atoms with E-state index in [0.717, 1.165) is 18.2 Å². The number of rotatable bonds is 7. The van der Waals surface area contributed by atoms with Crippen LogP contribution in [0.3, 0.4) is 0 Å². The molecule has 0 saturated carbocycles. The minimum Gasteiger partial charge on any atom is -0.494 e. The van der Waals surface area contributed by atoms with Crippen LogP contribution < -0.4 is 4.74 Å². The third-order valence-corrected chi connectivity index (χ3v) is 4.75. The lowest BCUT2D eigenvalue weighted by molar-refractivity contribution is 0.0978. The van der Waals surface area contributed by atoms with E-state index in [4.69, 9.17) is 4.74 Å². The molecule has 0 radical (unpaired) electrons. The lowest BCUT2D eigenvalue weighted by atomic mass is 9.84. The third kappa shape index (κ3) is 3.44. The summed E-state index contributed by atoms with van der Waals surface area (Å²) in [5, 5.41) is 1.04. The lowest BCUT2D eigenvalue weighted by Gasteiger charge is -2.18. The smallest absolute Gasteiger partial charge is 0.194 e. The van der Waals surface area contributed by atoms with Crippen molar-refractivity contribution in [3.63, 3.8) is 0 Å². The Bertz CT molecular complexity index is 767. The van der Waals surface area contributed by atoms with Crippen molar-refractivity contribution in [1.82, 2.24) is 0 Å². The quantitative estimate of drug-likeness (QED) is 0.432. The van der Waals surface area contributed by atoms with Gasteiger partial charge in [0.25, 0.3) is 0 Å². The average Bonchev–Trinajstić information content (AvgIpc) is 2.62. The predicted octanol–water partition coefficient (Wildman–Crippen LogP) is 4.80. The summed E-state index contributed by atoms with van der Waals surface area (Å²) in [6.45, 7) is 0.625. The van der Waals surface area contributed by atoms with Crippen LogP contribution in [0.1, 0.15) is 57.5 Å². The number of carbonyl (C=O) groups excluding carboxylic acids is 2. The molecule has 0 spiro atoms. The highest BCUT2D eigenvalue weighted by Gasteiger charge is 2.29. The summed E-state index contributed by atoms with van der Waals surface area (Å²) < 4.78 is 5.75. The number of unbranched alkanes of at least 4 members (excludes halogenated alkanes) is 3. The molecule has 124 valence electrons. The molecule has 1 aliphatic carbocycles. The number of hydrogen-bond donors (Lipinski definition) is 0. The Labute approximate surface area is 150 Å². The molecular formula is C20H19BrO3. The summed E-state index contributed by atoms with van der Waals surface area (Å²) in [6, 6.07) is 12.1. The second kappa shape index (κ2) is 7.75. The summed E-state index contributed by atoms with van der Waals surface area (Å²) >= 11 is 3.42. The molecule has 2 aromatic carbocycles. The van der Waals surface area contributed by atoms with Crippen LogP contribution in [-0.4, -0.2) is 23.5 Å². The summed E-state index contributed by atoms with van der Waals surface area (Å²) in [4.78, 5) is 25.2. The topological polar surface area (TPSA) is 43.4 Å². The Morgan fingerprint density at radius 3 is 2.08 bits per heavy atom. The number of ether oxygens (including phenoxy) is 1. The van der Waals surface area contributed by atoms with E-state index in [-0.39, 0.29) is 11.6 Å². The van der Waals surface area contributed by atoms with Crippen LogP contribution in [0.25, 0.3) is 0 Å². The fraction of sp³-hybridized carbons (Fsp3) is 0.300. The van der Waals surface area contributed by atoms with Crippen LogP contribution in [0, 0.1) is 0 Å². The maximum absolute atomic E-state index is 12.6. The standard InChI is InChI=1S/C20H19BrO3/c21-11-5-1-2-6-12-24-14-9-10-17-18(13-14)20(23)16-8-4-3-7-15(16)19(17)22/h3-4,7-10,13H,1-2,5-6,11-12H2. The minimum atomic E-state index is -0.108. The Hall–Kier alpha value is -1.94. The van der Waals surface area contributed by atoms with E-state index in [1.54, 1.807) is 42.5 Å².